The number of carbonyl (C=O) groups excluding carboxylic acids is 1. The van der Waals surface area contributed by atoms with Crippen molar-refractivity contribution in [3.05, 3.63) is 0 Å². The van der Waals surface area contributed by atoms with E-state index in [0.29, 0.717) is 32.5 Å². The third-order valence-corrected chi connectivity index (χ3v) is 4.22. The molecule has 2 fully saturated rings. The number of piperidine rings is 1. The molecule has 108 valence electrons. The van der Waals surface area contributed by atoms with Gasteiger partial charge in [0.1, 0.15) is 0 Å². The smallest absolute Gasteiger partial charge is 0.306 e. The van der Waals surface area contributed by atoms with Gasteiger partial charge in [-0.1, -0.05) is 6.92 Å². The van der Waals surface area contributed by atoms with Crippen LogP contribution in [0.3, 0.4) is 0 Å². The molecule has 5 nitrogen and oxygen atoms in total. The summed E-state index contributed by atoms with van der Waals surface area (Å²) in [6.45, 7) is 5.71. The maximum atomic E-state index is 12.2. The Balaban J connectivity index is 1.75. The van der Waals surface area contributed by atoms with E-state index in [9.17, 15) is 9.59 Å². The third-order valence-electron chi connectivity index (χ3n) is 4.22. The first-order valence-corrected chi connectivity index (χ1v) is 7.33. The van der Waals surface area contributed by atoms with Crippen LogP contribution >= 0.6 is 0 Å². The summed E-state index contributed by atoms with van der Waals surface area (Å²) < 4.78 is 0. The summed E-state index contributed by atoms with van der Waals surface area (Å²) in [6, 6.07) is 0. The quantitative estimate of drug-likeness (QED) is 0.782. The molecule has 19 heavy (non-hydrogen) atoms. The van der Waals surface area contributed by atoms with Crippen molar-refractivity contribution in [1.82, 2.24) is 9.80 Å². The molecule has 1 heterocycles. The van der Waals surface area contributed by atoms with Gasteiger partial charge in [0.2, 0.25) is 5.91 Å². The highest BCUT2D eigenvalue weighted by molar-refractivity contribution is 5.79. The van der Waals surface area contributed by atoms with Crippen LogP contribution in [-0.2, 0) is 9.59 Å². The van der Waals surface area contributed by atoms with Crippen molar-refractivity contribution >= 4 is 11.9 Å². The van der Waals surface area contributed by atoms with E-state index in [-0.39, 0.29) is 11.8 Å². The number of amides is 1. The molecular weight excluding hydrogens is 244 g/mol. The van der Waals surface area contributed by atoms with Crippen LogP contribution in [0.4, 0.5) is 0 Å². The molecule has 0 radical (unpaired) electrons. The standard InChI is InChI=1S/C14H24N2O3/c1-2-15(9-11-3-4-11)10-13(17)16-7-5-12(6-8-16)14(18)19/h11-12H,2-10H2,1H3,(H,18,19). The number of likely N-dealkylation sites (N-methyl/N-ethyl adjacent to an activating group) is 1. The number of hydrogen-bond donors (Lipinski definition) is 1. The summed E-state index contributed by atoms with van der Waals surface area (Å²) in [4.78, 5) is 27.1. The molecule has 1 aliphatic heterocycles. The lowest BCUT2D eigenvalue weighted by Gasteiger charge is -2.32. The molecule has 0 atom stereocenters. The minimum Gasteiger partial charge on any atom is -0.481 e. The predicted octanol–water partition coefficient (Wildman–Crippen LogP) is 1.04. The SMILES string of the molecule is CCN(CC(=O)N1CCC(C(=O)O)CC1)CC1CC1. The fourth-order valence-electron chi connectivity index (χ4n) is 2.64. The Morgan fingerprint density at radius 2 is 1.84 bits per heavy atom. The molecule has 0 bridgehead atoms. The van der Waals surface area contributed by atoms with E-state index in [2.05, 4.69) is 11.8 Å². The minimum atomic E-state index is -0.726. The van der Waals surface area contributed by atoms with Crippen LogP contribution in [0.5, 0.6) is 0 Å². The summed E-state index contributed by atoms with van der Waals surface area (Å²) >= 11 is 0. The number of rotatable bonds is 6. The van der Waals surface area contributed by atoms with Gasteiger partial charge in [-0.15, -0.1) is 0 Å². The second kappa shape index (κ2) is 6.37. The second-order valence-corrected chi connectivity index (χ2v) is 5.76. The van der Waals surface area contributed by atoms with Crippen LogP contribution in [0.1, 0.15) is 32.6 Å². The highest BCUT2D eigenvalue weighted by Crippen LogP contribution is 2.29. The van der Waals surface area contributed by atoms with Crippen molar-refractivity contribution in [2.45, 2.75) is 32.6 Å². The van der Waals surface area contributed by atoms with E-state index in [0.717, 1.165) is 19.0 Å². The molecule has 0 aromatic carbocycles. The summed E-state index contributed by atoms with van der Waals surface area (Å²) in [5.41, 5.74) is 0. The van der Waals surface area contributed by atoms with Crippen LogP contribution in [-0.4, -0.2) is 59.5 Å². The second-order valence-electron chi connectivity index (χ2n) is 5.76. The number of carbonyl (C=O) groups is 2. The number of carboxylic acids is 1. The Morgan fingerprint density at radius 1 is 1.21 bits per heavy atom. The first kappa shape index (κ1) is 14.3. The lowest BCUT2D eigenvalue weighted by molar-refractivity contribution is -0.146. The molecule has 0 unspecified atom stereocenters. The van der Waals surface area contributed by atoms with Crippen LogP contribution < -0.4 is 0 Å². The zero-order valence-electron chi connectivity index (χ0n) is 11.7. The number of carboxylic acid groups (broad SMARTS) is 1. The number of hydrogen-bond acceptors (Lipinski definition) is 3. The molecule has 0 aromatic heterocycles. The Labute approximate surface area is 114 Å². The average molecular weight is 268 g/mol. The van der Waals surface area contributed by atoms with Crippen molar-refractivity contribution in [2.24, 2.45) is 11.8 Å². The van der Waals surface area contributed by atoms with E-state index >= 15 is 0 Å². The lowest BCUT2D eigenvalue weighted by atomic mass is 9.97. The van der Waals surface area contributed by atoms with E-state index < -0.39 is 5.97 Å². The zero-order valence-corrected chi connectivity index (χ0v) is 11.7. The Bertz CT molecular complexity index is 334. The maximum Gasteiger partial charge on any atom is 0.306 e. The van der Waals surface area contributed by atoms with Crippen LogP contribution in [0.2, 0.25) is 0 Å². The van der Waals surface area contributed by atoms with Crippen molar-refractivity contribution in [3.63, 3.8) is 0 Å². The first-order chi connectivity index (χ1) is 9.10. The Kier molecular flexibility index (Phi) is 4.80. The van der Waals surface area contributed by atoms with Crippen LogP contribution in [0, 0.1) is 11.8 Å². The molecular formula is C14H24N2O3. The fourth-order valence-corrected chi connectivity index (χ4v) is 2.64. The topological polar surface area (TPSA) is 60.9 Å². The molecule has 2 rings (SSSR count). The first-order valence-electron chi connectivity index (χ1n) is 7.33. The molecule has 2 aliphatic rings. The molecule has 1 aliphatic carbocycles. The monoisotopic (exact) mass is 268 g/mol. The normalized spacial score (nSPS) is 20.8. The molecule has 0 aromatic rings. The number of aliphatic carboxylic acids is 1. The summed E-state index contributed by atoms with van der Waals surface area (Å²) in [6.07, 6.45) is 3.79. The number of likely N-dealkylation sites (tertiary alicyclic amines) is 1. The minimum absolute atomic E-state index is 0.159. The molecule has 1 saturated carbocycles. The molecule has 1 N–H and O–H groups in total. The van der Waals surface area contributed by atoms with Gasteiger partial charge in [-0.3, -0.25) is 14.5 Å². The van der Waals surface area contributed by atoms with Crippen LogP contribution in [0.15, 0.2) is 0 Å². The van der Waals surface area contributed by atoms with Crippen molar-refractivity contribution in [3.8, 4) is 0 Å². The summed E-state index contributed by atoms with van der Waals surface area (Å²) in [5, 5.41) is 8.94. The third kappa shape index (κ3) is 4.20. The Hall–Kier alpha value is -1.10. The predicted molar refractivity (Wildman–Crippen MR) is 71.8 cm³/mol. The molecule has 1 saturated heterocycles. The Morgan fingerprint density at radius 3 is 2.32 bits per heavy atom. The van der Waals surface area contributed by atoms with Gasteiger partial charge in [0, 0.05) is 19.6 Å². The highest BCUT2D eigenvalue weighted by Gasteiger charge is 2.29. The number of nitrogens with zero attached hydrogens (tertiary/aromatic N) is 2. The molecule has 5 heteroatoms. The maximum absolute atomic E-state index is 12.2. The van der Waals surface area contributed by atoms with E-state index in [1.165, 1.54) is 12.8 Å². The van der Waals surface area contributed by atoms with E-state index in [1.54, 1.807) is 0 Å². The highest BCUT2D eigenvalue weighted by atomic mass is 16.4. The van der Waals surface area contributed by atoms with E-state index in [4.69, 9.17) is 5.11 Å². The van der Waals surface area contributed by atoms with Crippen LogP contribution in [0.25, 0.3) is 0 Å². The van der Waals surface area contributed by atoms with Gasteiger partial charge in [0.25, 0.3) is 0 Å². The van der Waals surface area contributed by atoms with Crippen molar-refractivity contribution < 1.29 is 14.7 Å². The van der Waals surface area contributed by atoms with Gasteiger partial charge < -0.3 is 10.0 Å². The van der Waals surface area contributed by atoms with E-state index in [1.807, 2.05) is 4.90 Å². The molecule has 1 amide bonds. The van der Waals surface area contributed by atoms with Crippen molar-refractivity contribution in [2.75, 3.05) is 32.7 Å². The van der Waals surface area contributed by atoms with Gasteiger partial charge in [-0.05, 0) is 38.1 Å². The average Bonchev–Trinajstić information content (AvgIpc) is 3.22. The van der Waals surface area contributed by atoms with Gasteiger partial charge in [-0.2, -0.15) is 0 Å². The van der Waals surface area contributed by atoms with Gasteiger partial charge in [0.15, 0.2) is 0 Å². The fraction of sp³-hybridized carbons (Fsp3) is 0.857. The summed E-state index contributed by atoms with van der Waals surface area (Å²) in [7, 11) is 0. The summed E-state index contributed by atoms with van der Waals surface area (Å²) in [5.74, 6) is -0.0364. The van der Waals surface area contributed by atoms with Gasteiger partial charge >= 0.3 is 5.97 Å². The van der Waals surface area contributed by atoms with Crippen molar-refractivity contribution in [1.29, 1.82) is 0 Å². The zero-order chi connectivity index (χ0) is 13.8. The largest absolute Gasteiger partial charge is 0.481 e. The van der Waals surface area contributed by atoms with Gasteiger partial charge in [0.05, 0.1) is 12.5 Å². The lowest BCUT2D eigenvalue weighted by Crippen LogP contribution is -2.45. The van der Waals surface area contributed by atoms with Gasteiger partial charge in [-0.25, -0.2) is 0 Å². The molecule has 0 spiro atoms.